The molecule has 2 rings (SSSR count). The van der Waals surface area contributed by atoms with Gasteiger partial charge in [0, 0.05) is 6.07 Å². The van der Waals surface area contributed by atoms with Crippen LogP contribution < -0.4 is 5.56 Å². The number of alkyl halides is 3. The number of H-pyrrole nitrogens is 2. The van der Waals surface area contributed by atoms with Crippen LogP contribution in [-0.2, 0) is 15.7 Å². The number of hydrogen-bond acceptors (Lipinski definition) is 4. The molecular weight excluding hydrogens is 345 g/mol. The number of rotatable bonds is 3. The van der Waals surface area contributed by atoms with Crippen molar-refractivity contribution in [2.24, 2.45) is 0 Å². The second-order valence-electron chi connectivity index (χ2n) is 4.67. The van der Waals surface area contributed by atoms with Crippen LogP contribution in [0.15, 0.2) is 35.1 Å². The lowest BCUT2D eigenvalue weighted by molar-refractivity contribution is -0.137. The summed E-state index contributed by atoms with van der Waals surface area (Å²) in [5.41, 5.74) is -0.973. The molecule has 1 aromatic heterocycles. The predicted molar refractivity (Wildman–Crippen MR) is 83.6 cm³/mol. The van der Waals surface area contributed by atoms with Crippen LogP contribution in [0, 0.1) is 4.77 Å². The molecule has 5 nitrogen and oxygen atoms in total. The first kappa shape index (κ1) is 17.7. The van der Waals surface area contributed by atoms with Crippen LogP contribution in [0.25, 0.3) is 11.6 Å². The SMILES string of the molecule is COC(=O)/C(=C\c1ccc(C(F)(F)F)cc1)c1cc(=O)[nH]c(=S)[nH]1. The van der Waals surface area contributed by atoms with Crippen molar-refractivity contribution in [1.82, 2.24) is 9.97 Å². The first-order chi connectivity index (χ1) is 11.2. The molecule has 126 valence electrons. The van der Waals surface area contributed by atoms with Crippen molar-refractivity contribution >= 4 is 29.8 Å². The first-order valence-electron chi connectivity index (χ1n) is 6.52. The highest BCUT2D eigenvalue weighted by Crippen LogP contribution is 2.29. The number of aromatic nitrogens is 2. The predicted octanol–water partition coefficient (Wildman–Crippen LogP) is 3.16. The Morgan fingerprint density at radius 2 is 1.83 bits per heavy atom. The zero-order valence-electron chi connectivity index (χ0n) is 12.2. The molecule has 0 saturated heterocycles. The van der Waals surface area contributed by atoms with Gasteiger partial charge < -0.3 is 9.72 Å². The number of esters is 1. The Kier molecular flexibility index (Phi) is 5.03. The van der Waals surface area contributed by atoms with Crippen LogP contribution in [0.4, 0.5) is 13.2 Å². The van der Waals surface area contributed by atoms with Gasteiger partial charge in [-0.05, 0) is 36.0 Å². The fraction of sp³-hybridized carbons (Fsp3) is 0.133. The van der Waals surface area contributed by atoms with Gasteiger partial charge in [-0.2, -0.15) is 13.2 Å². The number of benzene rings is 1. The molecule has 2 aromatic rings. The van der Waals surface area contributed by atoms with E-state index in [4.69, 9.17) is 12.2 Å². The van der Waals surface area contributed by atoms with E-state index in [1.165, 1.54) is 18.2 Å². The van der Waals surface area contributed by atoms with Gasteiger partial charge in [0.15, 0.2) is 4.77 Å². The minimum atomic E-state index is -4.45. The average Bonchev–Trinajstić information content (AvgIpc) is 2.50. The molecule has 0 unspecified atom stereocenters. The lowest BCUT2D eigenvalue weighted by Gasteiger charge is -2.08. The summed E-state index contributed by atoms with van der Waals surface area (Å²) in [4.78, 5) is 28.4. The molecule has 0 saturated carbocycles. The van der Waals surface area contributed by atoms with Crippen LogP contribution in [0.1, 0.15) is 16.8 Å². The van der Waals surface area contributed by atoms with Gasteiger partial charge in [-0.25, -0.2) is 4.79 Å². The van der Waals surface area contributed by atoms with Crippen molar-refractivity contribution in [1.29, 1.82) is 0 Å². The summed E-state index contributed by atoms with van der Waals surface area (Å²) in [6, 6.07) is 5.28. The van der Waals surface area contributed by atoms with Crippen LogP contribution in [0.2, 0.25) is 0 Å². The number of ether oxygens (including phenoxy) is 1. The second-order valence-corrected chi connectivity index (χ2v) is 5.08. The number of methoxy groups -OCH3 is 1. The fourth-order valence-electron chi connectivity index (χ4n) is 1.91. The van der Waals surface area contributed by atoms with Crippen molar-refractivity contribution < 1.29 is 22.7 Å². The molecule has 0 aliphatic heterocycles. The summed E-state index contributed by atoms with van der Waals surface area (Å²) >= 11 is 4.84. The Bertz CT molecular complexity index is 867. The van der Waals surface area contributed by atoms with Crippen LogP contribution >= 0.6 is 12.2 Å². The number of nitrogens with one attached hydrogen (secondary N) is 2. The van der Waals surface area contributed by atoms with Gasteiger partial charge in [0.2, 0.25) is 0 Å². The summed E-state index contributed by atoms with van der Waals surface area (Å²) in [5.74, 6) is -0.772. The van der Waals surface area contributed by atoms with Gasteiger partial charge in [-0.15, -0.1) is 0 Å². The summed E-state index contributed by atoms with van der Waals surface area (Å²) < 4.78 is 42.4. The largest absolute Gasteiger partial charge is 0.465 e. The van der Waals surface area contributed by atoms with Gasteiger partial charge in [0.1, 0.15) is 0 Å². The fourth-order valence-corrected chi connectivity index (χ4v) is 2.12. The number of hydrogen-bond donors (Lipinski definition) is 2. The molecule has 2 N–H and O–H groups in total. The molecular formula is C15H11F3N2O3S. The summed E-state index contributed by atoms with van der Waals surface area (Å²) in [5, 5.41) is 0. The maximum Gasteiger partial charge on any atom is 0.416 e. The van der Waals surface area contributed by atoms with Crippen molar-refractivity contribution in [2.75, 3.05) is 7.11 Å². The third-order valence-corrected chi connectivity index (χ3v) is 3.21. The Morgan fingerprint density at radius 3 is 2.33 bits per heavy atom. The quantitative estimate of drug-likeness (QED) is 0.503. The van der Waals surface area contributed by atoms with Crippen molar-refractivity contribution in [2.45, 2.75) is 6.18 Å². The van der Waals surface area contributed by atoms with Crippen molar-refractivity contribution in [3.63, 3.8) is 0 Å². The van der Waals surface area contributed by atoms with Crippen LogP contribution in [0.5, 0.6) is 0 Å². The molecule has 0 amide bonds. The highest BCUT2D eigenvalue weighted by Gasteiger charge is 2.29. The zero-order chi connectivity index (χ0) is 17.9. The van der Waals surface area contributed by atoms with Crippen LogP contribution in [0.3, 0.4) is 0 Å². The number of carbonyl (C=O) groups excluding carboxylic acids is 1. The third kappa shape index (κ3) is 4.19. The average molecular weight is 356 g/mol. The van der Waals surface area contributed by atoms with E-state index in [9.17, 15) is 22.8 Å². The van der Waals surface area contributed by atoms with Crippen LogP contribution in [-0.4, -0.2) is 23.0 Å². The minimum Gasteiger partial charge on any atom is -0.465 e. The van der Waals surface area contributed by atoms with E-state index in [0.717, 1.165) is 25.3 Å². The van der Waals surface area contributed by atoms with E-state index in [-0.39, 0.29) is 16.0 Å². The normalized spacial score (nSPS) is 12.1. The highest BCUT2D eigenvalue weighted by atomic mass is 32.1. The molecule has 0 spiro atoms. The van der Waals surface area contributed by atoms with Gasteiger partial charge in [-0.1, -0.05) is 12.1 Å². The second kappa shape index (κ2) is 6.83. The zero-order valence-corrected chi connectivity index (χ0v) is 13.0. The Labute approximate surface area is 138 Å². The van der Waals surface area contributed by atoms with Gasteiger partial charge in [0.25, 0.3) is 5.56 Å². The smallest absolute Gasteiger partial charge is 0.416 e. The molecule has 0 atom stereocenters. The topological polar surface area (TPSA) is 75.0 Å². The first-order valence-corrected chi connectivity index (χ1v) is 6.93. The molecule has 1 aromatic carbocycles. The van der Waals surface area contributed by atoms with E-state index in [2.05, 4.69) is 14.7 Å². The summed E-state index contributed by atoms with van der Waals surface area (Å²) in [6.07, 6.45) is -3.16. The van der Waals surface area contributed by atoms with E-state index in [1.54, 1.807) is 0 Å². The Balaban J connectivity index is 2.52. The van der Waals surface area contributed by atoms with Crippen molar-refractivity contribution in [3.8, 4) is 0 Å². The standard InChI is InChI=1S/C15H11F3N2O3S/c1-23-13(22)10(11-7-12(21)20-14(24)19-11)6-8-2-4-9(5-3-8)15(16,17)18/h2-7H,1H3,(H2,19,20,21,24)/b10-6-. The lowest BCUT2D eigenvalue weighted by atomic mass is 10.1. The number of aromatic amines is 2. The van der Waals surface area contributed by atoms with E-state index >= 15 is 0 Å². The highest BCUT2D eigenvalue weighted by molar-refractivity contribution is 7.71. The maximum absolute atomic E-state index is 12.6. The van der Waals surface area contributed by atoms with E-state index in [1.807, 2.05) is 0 Å². The summed E-state index contributed by atoms with van der Waals surface area (Å²) in [7, 11) is 1.14. The van der Waals surface area contributed by atoms with E-state index < -0.39 is 23.3 Å². The lowest BCUT2D eigenvalue weighted by Crippen LogP contribution is -2.12. The summed E-state index contributed by atoms with van der Waals surface area (Å²) in [6.45, 7) is 0. The van der Waals surface area contributed by atoms with Gasteiger partial charge in [0.05, 0.1) is 23.9 Å². The maximum atomic E-state index is 12.6. The molecule has 0 radical (unpaired) electrons. The molecule has 0 aliphatic carbocycles. The monoisotopic (exact) mass is 356 g/mol. The molecule has 9 heteroatoms. The molecule has 1 heterocycles. The molecule has 0 bridgehead atoms. The van der Waals surface area contributed by atoms with Crippen molar-refractivity contribution in [3.05, 3.63) is 62.3 Å². The van der Waals surface area contributed by atoms with E-state index in [0.29, 0.717) is 5.56 Å². The minimum absolute atomic E-state index is 0.000257. The molecule has 0 fully saturated rings. The molecule has 0 aliphatic rings. The third-order valence-electron chi connectivity index (χ3n) is 3.00. The Morgan fingerprint density at radius 1 is 1.21 bits per heavy atom. The number of halogens is 3. The molecule has 24 heavy (non-hydrogen) atoms. The Hall–Kier alpha value is -2.68. The van der Waals surface area contributed by atoms with Gasteiger partial charge in [-0.3, -0.25) is 9.78 Å². The number of carbonyl (C=O) groups is 1. The van der Waals surface area contributed by atoms with Gasteiger partial charge >= 0.3 is 12.1 Å².